The van der Waals surface area contributed by atoms with Gasteiger partial charge in [0.25, 0.3) is 0 Å². The Morgan fingerprint density at radius 3 is 2.80 bits per heavy atom. The Morgan fingerprint density at radius 2 is 2.15 bits per heavy atom. The maximum atomic E-state index is 13.9. The number of rotatable bonds is 8. The molecule has 1 aromatic carbocycles. The highest BCUT2D eigenvalue weighted by molar-refractivity contribution is 5.81. The minimum Gasteiger partial charge on any atom is -0.494 e. The number of hydrogen-bond acceptors (Lipinski definition) is 4. The molecule has 1 rings (SSSR count). The van der Waals surface area contributed by atoms with E-state index in [9.17, 15) is 9.18 Å². The molecule has 1 unspecified atom stereocenters. The number of halogens is 1. The number of ether oxygens (including phenoxy) is 2. The summed E-state index contributed by atoms with van der Waals surface area (Å²) < 4.78 is 23.6. The topological polar surface area (TPSA) is 59.6 Å². The lowest BCUT2D eigenvalue weighted by Gasteiger charge is -2.14. The van der Waals surface area contributed by atoms with E-state index in [-0.39, 0.29) is 18.2 Å². The molecule has 2 N–H and O–H groups in total. The molecule has 1 amide bonds. The molecule has 0 bridgehead atoms. The van der Waals surface area contributed by atoms with Crippen LogP contribution in [0.4, 0.5) is 4.39 Å². The van der Waals surface area contributed by atoms with Crippen LogP contribution in [0.25, 0.3) is 0 Å². The van der Waals surface area contributed by atoms with Crippen LogP contribution >= 0.6 is 0 Å². The molecule has 20 heavy (non-hydrogen) atoms. The molecule has 0 radical (unpaired) electrons. The third-order valence-corrected chi connectivity index (χ3v) is 2.86. The van der Waals surface area contributed by atoms with Gasteiger partial charge in [0.1, 0.15) is 0 Å². The van der Waals surface area contributed by atoms with E-state index in [4.69, 9.17) is 9.47 Å². The lowest BCUT2D eigenvalue weighted by atomic mass is 10.2. The fourth-order valence-corrected chi connectivity index (χ4v) is 1.64. The maximum Gasteiger partial charge on any atom is 0.236 e. The van der Waals surface area contributed by atoms with Gasteiger partial charge in [-0.2, -0.15) is 0 Å². The Bertz CT molecular complexity index is 440. The monoisotopic (exact) mass is 284 g/mol. The van der Waals surface area contributed by atoms with Crippen molar-refractivity contribution in [2.75, 3.05) is 27.4 Å². The summed E-state index contributed by atoms with van der Waals surface area (Å²) in [6.45, 7) is 2.89. The van der Waals surface area contributed by atoms with Gasteiger partial charge in [-0.1, -0.05) is 12.1 Å². The van der Waals surface area contributed by atoms with Crippen molar-refractivity contribution < 1.29 is 18.7 Å². The molecular formula is C14H21FN2O3. The fourth-order valence-electron chi connectivity index (χ4n) is 1.64. The zero-order chi connectivity index (χ0) is 15.0. The molecular weight excluding hydrogens is 263 g/mol. The number of carbonyl (C=O) groups is 1. The molecule has 0 fully saturated rings. The van der Waals surface area contributed by atoms with Crippen molar-refractivity contribution in [3.8, 4) is 5.75 Å². The van der Waals surface area contributed by atoms with Crippen LogP contribution in [0.3, 0.4) is 0 Å². The zero-order valence-electron chi connectivity index (χ0n) is 12.0. The second kappa shape index (κ2) is 8.50. The van der Waals surface area contributed by atoms with Crippen molar-refractivity contribution >= 4 is 5.91 Å². The Balaban J connectivity index is 2.48. The van der Waals surface area contributed by atoms with E-state index in [0.717, 1.165) is 0 Å². The Hall–Kier alpha value is -1.66. The first-order chi connectivity index (χ1) is 9.60. The second-order valence-corrected chi connectivity index (χ2v) is 4.32. The minimum atomic E-state index is -0.419. The van der Waals surface area contributed by atoms with Gasteiger partial charge >= 0.3 is 0 Å². The Morgan fingerprint density at radius 1 is 1.40 bits per heavy atom. The van der Waals surface area contributed by atoms with Crippen LogP contribution in [0, 0.1) is 5.82 Å². The van der Waals surface area contributed by atoms with Gasteiger partial charge in [-0.3, -0.25) is 4.79 Å². The highest BCUT2D eigenvalue weighted by atomic mass is 19.1. The summed E-state index contributed by atoms with van der Waals surface area (Å²) in [6.07, 6.45) is 0. The number of hydrogen-bond donors (Lipinski definition) is 2. The van der Waals surface area contributed by atoms with Crippen molar-refractivity contribution in [3.63, 3.8) is 0 Å². The summed E-state index contributed by atoms with van der Waals surface area (Å²) in [5, 5.41) is 5.68. The van der Waals surface area contributed by atoms with Gasteiger partial charge in [-0.05, 0) is 13.0 Å². The normalized spacial score (nSPS) is 12.0. The lowest BCUT2D eigenvalue weighted by molar-refractivity contribution is -0.123. The predicted molar refractivity (Wildman–Crippen MR) is 74.1 cm³/mol. The summed E-state index contributed by atoms with van der Waals surface area (Å²) in [5.74, 6) is -0.360. The maximum absolute atomic E-state index is 13.9. The van der Waals surface area contributed by atoms with Gasteiger partial charge in [0, 0.05) is 25.8 Å². The van der Waals surface area contributed by atoms with Crippen LogP contribution in [0.2, 0.25) is 0 Å². The molecule has 0 spiro atoms. The number of methoxy groups -OCH3 is 2. The van der Waals surface area contributed by atoms with Crippen molar-refractivity contribution in [1.82, 2.24) is 10.6 Å². The fraction of sp³-hybridized carbons (Fsp3) is 0.500. The van der Waals surface area contributed by atoms with Crippen LogP contribution in [0.1, 0.15) is 12.5 Å². The van der Waals surface area contributed by atoms with Crippen molar-refractivity contribution in [2.24, 2.45) is 0 Å². The first-order valence-corrected chi connectivity index (χ1v) is 6.41. The molecule has 0 aliphatic rings. The first-order valence-electron chi connectivity index (χ1n) is 6.41. The van der Waals surface area contributed by atoms with Gasteiger partial charge in [-0.25, -0.2) is 4.39 Å². The van der Waals surface area contributed by atoms with Crippen LogP contribution in [-0.2, 0) is 16.1 Å². The molecule has 0 aliphatic carbocycles. The smallest absolute Gasteiger partial charge is 0.236 e. The van der Waals surface area contributed by atoms with Crippen LogP contribution in [0.15, 0.2) is 18.2 Å². The van der Waals surface area contributed by atoms with Crippen molar-refractivity contribution in [2.45, 2.75) is 19.5 Å². The average molecular weight is 284 g/mol. The van der Waals surface area contributed by atoms with Crippen molar-refractivity contribution in [3.05, 3.63) is 29.6 Å². The van der Waals surface area contributed by atoms with Gasteiger partial charge in [0.15, 0.2) is 11.6 Å². The third kappa shape index (κ3) is 4.79. The molecule has 0 saturated carbocycles. The number of carbonyl (C=O) groups excluding carboxylic acids is 1. The highest BCUT2D eigenvalue weighted by Crippen LogP contribution is 2.19. The SMILES string of the molecule is COCCNC(=O)C(C)NCc1cccc(OC)c1F. The molecule has 0 aromatic heterocycles. The van der Waals surface area contributed by atoms with Crippen LogP contribution in [-0.4, -0.2) is 39.3 Å². The van der Waals surface area contributed by atoms with Gasteiger partial charge < -0.3 is 20.1 Å². The van der Waals surface area contributed by atoms with Gasteiger partial charge in [0.2, 0.25) is 5.91 Å². The summed E-state index contributed by atoms with van der Waals surface area (Å²) >= 11 is 0. The van der Waals surface area contributed by atoms with E-state index in [1.807, 2.05) is 0 Å². The van der Waals surface area contributed by atoms with E-state index < -0.39 is 11.9 Å². The lowest BCUT2D eigenvalue weighted by Crippen LogP contribution is -2.42. The predicted octanol–water partition coefficient (Wildman–Crippen LogP) is 1.07. The Labute approximate surface area is 118 Å². The molecule has 112 valence electrons. The number of nitrogens with one attached hydrogen (secondary N) is 2. The largest absolute Gasteiger partial charge is 0.494 e. The number of amides is 1. The van der Waals surface area contributed by atoms with E-state index in [2.05, 4.69) is 10.6 Å². The quantitative estimate of drug-likeness (QED) is 0.701. The van der Waals surface area contributed by atoms with Gasteiger partial charge in [-0.15, -0.1) is 0 Å². The first kappa shape index (κ1) is 16.4. The molecule has 5 nitrogen and oxygen atoms in total. The minimum absolute atomic E-state index is 0.148. The molecule has 0 heterocycles. The average Bonchev–Trinajstić information content (AvgIpc) is 2.46. The van der Waals surface area contributed by atoms with E-state index in [1.54, 1.807) is 32.2 Å². The summed E-state index contributed by atoms with van der Waals surface area (Å²) in [7, 11) is 2.99. The molecule has 1 aromatic rings. The summed E-state index contributed by atoms with van der Waals surface area (Å²) in [4.78, 5) is 11.7. The third-order valence-electron chi connectivity index (χ3n) is 2.86. The van der Waals surface area contributed by atoms with Crippen LogP contribution < -0.4 is 15.4 Å². The number of benzene rings is 1. The molecule has 1 atom stereocenters. The highest BCUT2D eigenvalue weighted by Gasteiger charge is 2.13. The van der Waals surface area contributed by atoms with E-state index in [1.165, 1.54) is 7.11 Å². The summed E-state index contributed by atoms with van der Waals surface area (Å²) in [5.41, 5.74) is 0.459. The van der Waals surface area contributed by atoms with E-state index >= 15 is 0 Å². The van der Waals surface area contributed by atoms with Gasteiger partial charge in [0.05, 0.1) is 19.8 Å². The van der Waals surface area contributed by atoms with Crippen molar-refractivity contribution in [1.29, 1.82) is 0 Å². The summed E-state index contributed by atoms with van der Waals surface area (Å²) in [6, 6.07) is 4.50. The van der Waals surface area contributed by atoms with E-state index in [0.29, 0.717) is 18.7 Å². The Kier molecular flexibility index (Phi) is 6.97. The molecule has 0 saturated heterocycles. The van der Waals surface area contributed by atoms with Crippen LogP contribution in [0.5, 0.6) is 5.75 Å². The molecule has 6 heteroatoms. The standard InChI is InChI=1S/C14H21FN2O3/c1-10(14(18)16-7-8-19-2)17-9-11-5-4-6-12(20-3)13(11)15/h4-6,10,17H,7-9H2,1-3H3,(H,16,18). The second-order valence-electron chi connectivity index (χ2n) is 4.32. The zero-order valence-corrected chi connectivity index (χ0v) is 12.0. The molecule has 0 aliphatic heterocycles.